The molecule has 0 saturated carbocycles. The normalized spacial score (nSPS) is 9.54. The molecule has 0 aliphatic heterocycles. The van der Waals surface area contributed by atoms with E-state index in [4.69, 9.17) is 4.74 Å². The fourth-order valence-corrected chi connectivity index (χ4v) is 0.866. The van der Waals surface area contributed by atoms with E-state index in [9.17, 15) is 9.59 Å². The van der Waals surface area contributed by atoms with Crippen LogP contribution in [0.25, 0.3) is 0 Å². The Morgan fingerprint density at radius 2 is 1.69 bits per heavy atom. The summed E-state index contributed by atoms with van der Waals surface area (Å²) in [5.74, 6) is -0.419. The van der Waals surface area contributed by atoms with Crippen molar-refractivity contribution in [2.24, 2.45) is 0 Å². The second-order valence-corrected chi connectivity index (χ2v) is 2.83. The molecule has 0 aromatic rings. The minimum Gasteiger partial charge on any atom is -0.363 e. The summed E-state index contributed by atoms with van der Waals surface area (Å²) >= 11 is 0. The Hall–Kier alpha value is 0.183. The van der Waals surface area contributed by atoms with Crippen molar-refractivity contribution in [3.8, 4) is 0 Å². The first-order chi connectivity index (χ1) is 5.59. The number of hydrogen-bond donors (Lipinski definition) is 0. The van der Waals surface area contributed by atoms with Crippen LogP contribution in [0.15, 0.2) is 0 Å². The molecule has 0 aliphatic rings. The second-order valence-electron chi connectivity index (χ2n) is 2.83. The second kappa shape index (κ2) is 8.77. The number of carbonyl (C=O) groups is 2. The van der Waals surface area contributed by atoms with Gasteiger partial charge in [-0.1, -0.05) is 13.3 Å². The number of Topliss-reactive ketones (excluding diaryl/α,β-unsaturated/α-hetero) is 2. The predicted molar refractivity (Wildman–Crippen MR) is 46.0 cm³/mol. The molecule has 0 amide bonds. The van der Waals surface area contributed by atoms with Crippen LogP contribution in [-0.2, 0) is 40.5 Å². The van der Waals surface area contributed by atoms with E-state index >= 15 is 0 Å². The van der Waals surface area contributed by atoms with Gasteiger partial charge in [-0.15, -0.1) is 0 Å². The van der Waals surface area contributed by atoms with Gasteiger partial charge in [-0.3, -0.25) is 9.59 Å². The summed E-state index contributed by atoms with van der Waals surface area (Å²) in [6.07, 6.45) is 1.05. The topological polar surface area (TPSA) is 43.4 Å². The van der Waals surface area contributed by atoms with Gasteiger partial charge in [0, 0.05) is 32.8 Å². The van der Waals surface area contributed by atoms with Crippen LogP contribution in [0.3, 0.4) is 0 Å². The summed E-state index contributed by atoms with van der Waals surface area (Å²) < 4.78 is 5.11. The molecule has 0 atom stereocenters. The Morgan fingerprint density at radius 3 is 2.00 bits per heavy atom. The quantitative estimate of drug-likeness (QED) is 0.537. The smallest absolute Gasteiger partial charge is 0.173 e. The molecule has 0 heterocycles. The van der Waals surface area contributed by atoms with Gasteiger partial charge in [0.15, 0.2) is 17.7 Å². The van der Waals surface area contributed by atoms with Crippen LogP contribution in [0.5, 0.6) is 0 Å². The number of hydrogen-bond acceptors (Lipinski definition) is 3. The molecule has 0 aliphatic carbocycles. The molecule has 0 fully saturated rings. The molecule has 13 heavy (non-hydrogen) atoms. The largest absolute Gasteiger partial charge is 0.363 e. The van der Waals surface area contributed by atoms with Gasteiger partial charge in [0.2, 0.25) is 0 Å². The fourth-order valence-electron chi connectivity index (χ4n) is 0.866. The van der Waals surface area contributed by atoms with Crippen molar-refractivity contribution in [1.82, 2.24) is 0 Å². The van der Waals surface area contributed by atoms with E-state index in [-0.39, 0.29) is 37.8 Å². The van der Waals surface area contributed by atoms with Crippen LogP contribution in [0.4, 0.5) is 0 Å². The molecule has 0 unspecified atom stereocenters. The maximum absolute atomic E-state index is 10.8. The van der Waals surface area contributed by atoms with E-state index in [1.807, 2.05) is 6.92 Å². The molecule has 0 N–H and O–H groups in total. The van der Waals surface area contributed by atoms with E-state index in [1.165, 1.54) is 13.8 Å². The van der Waals surface area contributed by atoms with Crippen LogP contribution in [-0.4, -0.2) is 24.3 Å². The van der Waals surface area contributed by atoms with Gasteiger partial charge in [0.1, 0.15) is 0 Å². The first kappa shape index (κ1) is 15.6. The average Bonchev–Trinajstić information content (AvgIpc) is 1.96. The van der Waals surface area contributed by atoms with Crippen LogP contribution < -0.4 is 0 Å². The van der Waals surface area contributed by atoms with Gasteiger partial charge >= 0.3 is 0 Å². The number of ether oxygens (including phenoxy) is 1. The summed E-state index contributed by atoms with van der Waals surface area (Å²) in [5, 5.41) is 0. The van der Waals surface area contributed by atoms with Crippen molar-refractivity contribution < 1.29 is 40.5 Å². The van der Waals surface area contributed by atoms with Crippen LogP contribution in [0, 0.1) is 0 Å². The zero-order valence-corrected chi connectivity index (χ0v) is 10.9. The van der Waals surface area contributed by atoms with E-state index in [0.29, 0.717) is 6.61 Å². The van der Waals surface area contributed by atoms with Crippen molar-refractivity contribution in [3.05, 3.63) is 0 Å². The third-order valence-corrected chi connectivity index (χ3v) is 1.52. The summed E-state index contributed by atoms with van der Waals surface area (Å²) in [4.78, 5) is 21.7. The van der Waals surface area contributed by atoms with Crippen molar-refractivity contribution in [2.45, 2.75) is 39.7 Å². The zero-order valence-electron chi connectivity index (χ0n) is 8.42. The van der Waals surface area contributed by atoms with Crippen molar-refractivity contribution >= 4 is 11.6 Å². The fraction of sp³-hybridized carbons (Fsp3) is 0.778. The van der Waals surface area contributed by atoms with E-state index in [2.05, 4.69) is 0 Å². The van der Waals surface area contributed by atoms with Crippen LogP contribution >= 0.6 is 0 Å². The molecule has 0 spiro atoms. The molecular weight excluding hydrogens is 247 g/mol. The van der Waals surface area contributed by atoms with Gasteiger partial charge in [0.05, 0.1) is 0 Å². The van der Waals surface area contributed by atoms with Gasteiger partial charge < -0.3 is 4.74 Å². The standard InChI is InChI=1S/C9H16O3.Zr/c1-4-5-6-12-9(7(2)10)8(3)11;/h9H,4-6H2,1-3H3;. The molecule has 0 bridgehead atoms. The summed E-state index contributed by atoms with van der Waals surface area (Å²) in [5.41, 5.74) is 0. The number of ketones is 2. The number of unbranched alkanes of at least 4 members (excludes halogenated alkanes) is 1. The monoisotopic (exact) mass is 262 g/mol. The van der Waals surface area contributed by atoms with E-state index in [0.717, 1.165) is 12.8 Å². The minimum absolute atomic E-state index is 0. The molecule has 0 radical (unpaired) electrons. The first-order valence-electron chi connectivity index (χ1n) is 4.22. The van der Waals surface area contributed by atoms with E-state index < -0.39 is 6.10 Å². The minimum atomic E-state index is -0.837. The Labute approximate surface area is 98.3 Å². The maximum atomic E-state index is 10.8. The predicted octanol–water partition coefficient (Wildman–Crippen LogP) is 1.35. The molecule has 0 saturated heterocycles. The molecule has 4 heteroatoms. The van der Waals surface area contributed by atoms with Crippen molar-refractivity contribution in [3.63, 3.8) is 0 Å². The van der Waals surface area contributed by atoms with Crippen molar-refractivity contribution in [2.75, 3.05) is 6.61 Å². The van der Waals surface area contributed by atoms with Gasteiger partial charge in [-0.05, 0) is 20.3 Å². The molecule has 3 nitrogen and oxygen atoms in total. The molecule has 0 aromatic carbocycles. The van der Waals surface area contributed by atoms with Crippen LogP contribution in [0.2, 0.25) is 0 Å². The summed E-state index contributed by atoms with van der Waals surface area (Å²) in [6.45, 7) is 5.26. The Kier molecular flexibility index (Phi) is 10.6. The van der Waals surface area contributed by atoms with E-state index in [1.54, 1.807) is 0 Å². The average molecular weight is 263 g/mol. The SMILES string of the molecule is CCCCOC(C(C)=O)C(C)=O.[Zr]. The van der Waals surface area contributed by atoms with Gasteiger partial charge in [0.25, 0.3) is 0 Å². The van der Waals surface area contributed by atoms with Gasteiger partial charge in [-0.2, -0.15) is 0 Å². The third kappa shape index (κ3) is 7.27. The zero-order chi connectivity index (χ0) is 9.56. The van der Waals surface area contributed by atoms with Gasteiger partial charge in [-0.25, -0.2) is 0 Å². The summed E-state index contributed by atoms with van der Waals surface area (Å²) in [7, 11) is 0. The summed E-state index contributed by atoms with van der Waals surface area (Å²) in [6, 6.07) is 0. The molecule has 0 rings (SSSR count). The first-order valence-corrected chi connectivity index (χ1v) is 4.22. The van der Waals surface area contributed by atoms with Crippen LogP contribution in [0.1, 0.15) is 33.6 Å². The Balaban J connectivity index is 0. The third-order valence-electron chi connectivity index (χ3n) is 1.52. The Morgan fingerprint density at radius 1 is 1.23 bits per heavy atom. The number of carbonyl (C=O) groups excluding carboxylic acids is 2. The maximum Gasteiger partial charge on any atom is 0.173 e. The molecule has 74 valence electrons. The molecule has 0 aromatic heterocycles. The van der Waals surface area contributed by atoms with Crippen molar-refractivity contribution in [1.29, 1.82) is 0 Å². The Bertz CT molecular complexity index is 154. The molecular formula is C9H16O3Zr. The number of rotatable bonds is 6.